The molecule has 0 bridgehead atoms. The molecule has 1 N–H and O–H groups in total. The summed E-state index contributed by atoms with van der Waals surface area (Å²) in [4.78, 5) is 0. The SMILES string of the molecule is Cc1cn(C2(CO)CCCC2)nn1. The molecule has 1 aliphatic rings. The van der Waals surface area contributed by atoms with Crippen LogP contribution in [0.1, 0.15) is 31.4 Å². The summed E-state index contributed by atoms with van der Waals surface area (Å²) in [6.45, 7) is 2.10. The van der Waals surface area contributed by atoms with Gasteiger partial charge in [-0.3, -0.25) is 0 Å². The van der Waals surface area contributed by atoms with Gasteiger partial charge in [0.05, 0.1) is 17.8 Å². The monoisotopic (exact) mass is 181 g/mol. The van der Waals surface area contributed by atoms with Crippen LogP contribution in [-0.4, -0.2) is 26.7 Å². The summed E-state index contributed by atoms with van der Waals surface area (Å²) in [5.74, 6) is 0. The zero-order valence-corrected chi connectivity index (χ0v) is 7.90. The highest BCUT2D eigenvalue weighted by molar-refractivity contribution is 4.96. The molecule has 0 atom stereocenters. The second-order valence-electron chi connectivity index (χ2n) is 3.89. The summed E-state index contributed by atoms with van der Waals surface area (Å²) in [6, 6.07) is 0. The van der Waals surface area contributed by atoms with E-state index in [2.05, 4.69) is 10.3 Å². The quantitative estimate of drug-likeness (QED) is 0.735. The van der Waals surface area contributed by atoms with E-state index in [1.165, 1.54) is 12.8 Å². The van der Waals surface area contributed by atoms with Crippen LogP contribution >= 0.6 is 0 Å². The van der Waals surface area contributed by atoms with Gasteiger partial charge in [0.2, 0.25) is 0 Å². The van der Waals surface area contributed by atoms with Gasteiger partial charge in [-0.15, -0.1) is 5.10 Å². The van der Waals surface area contributed by atoms with Crippen LogP contribution in [0.3, 0.4) is 0 Å². The molecule has 1 aromatic rings. The molecule has 0 radical (unpaired) electrons. The predicted octanol–water partition coefficient (Wildman–Crippen LogP) is 0.848. The maximum atomic E-state index is 9.39. The van der Waals surface area contributed by atoms with Crippen LogP contribution in [0.4, 0.5) is 0 Å². The lowest BCUT2D eigenvalue weighted by Crippen LogP contribution is -2.34. The Morgan fingerprint density at radius 3 is 2.69 bits per heavy atom. The number of nitrogens with zero attached hydrogens (tertiary/aromatic N) is 3. The molecule has 0 amide bonds. The number of aryl methyl sites for hydroxylation is 1. The van der Waals surface area contributed by atoms with Gasteiger partial charge < -0.3 is 5.11 Å². The van der Waals surface area contributed by atoms with E-state index < -0.39 is 0 Å². The summed E-state index contributed by atoms with van der Waals surface area (Å²) >= 11 is 0. The lowest BCUT2D eigenvalue weighted by atomic mass is 9.99. The van der Waals surface area contributed by atoms with Gasteiger partial charge in [-0.25, -0.2) is 4.68 Å². The first kappa shape index (κ1) is 8.69. The first-order chi connectivity index (χ1) is 6.27. The van der Waals surface area contributed by atoms with E-state index in [0.717, 1.165) is 18.5 Å². The molecule has 0 aliphatic heterocycles. The smallest absolute Gasteiger partial charge is 0.0875 e. The van der Waals surface area contributed by atoms with Crippen LogP contribution in [0.25, 0.3) is 0 Å². The molecule has 72 valence electrons. The third kappa shape index (κ3) is 1.35. The van der Waals surface area contributed by atoms with E-state index >= 15 is 0 Å². The molecule has 1 fully saturated rings. The minimum atomic E-state index is -0.152. The Kier molecular flexibility index (Phi) is 2.07. The molecule has 0 unspecified atom stereocenters. The van der Waals surface area contributed by atoms with Crippen molar-refractivity contribution >= 4 is 0 Å². The van der Waals surface area contributed by atoms with E-state index in [1.54, 1.807) is 0 Å². The van der Waals surface area contributed by atoms with Crippen molar-refractivity contribution in [1.29, 1.82) is 0 Å². The summed E-state index contributed by atoms with van der Waals surface area (Å²) in [7, 11) is 0. The Balaban J connectivity index is 2.30. The fourth-order valence-corrected chi connectivity index (χ4v) is 2.07. The second-order valence-corrected chi connectivity index (χ2v) is 3.89. The summed E-state index contributed by atoms with van der Waals surface area (Å²) in [5, 5.41) is 17.4. The van der Waals surface area contributed by atoms with Gasteiger partial charge in [0.15, 0.2) is 0 Å². The van der Waals surface area contributed by atoms with Crippen molar-refractivity contribution < 1.29 is 5.11 Å². The van der Waals surface area contributed by atoms with Crippen LogP contribution in [0, 0.1) is 6.92 Å². The van der Waals surface area contributed by atoms with Gasteiger partial charge in [-0.1, -0.05) is 18.1 Å². The van der Waals surface area contributed by atoms with Gasteiger partial charge in [-0.2, -0.15) is 0 Å². The van der Waals surface area contributed by atoms with Crippen molar-refractivity contribution in [1.82, 2.24) is 15.0 Å². The number of aliphatic hydroxyl groups excluding tert-OH is 1. The normalized spacial score (nSPS) is 20.8. The molecule has 0 saturated heterocycles. The molecule has 0 spiro atoms. The van der Waals surface area contributed by atoms with Crippen molar-refractivity contribution in [3.8, 4) is 0 Å². The van der Waals surface area contributed by atoms with Crippen LogP contribution in [0.5, 0.6) is 0 Å². The predicted molar refractivity (Wildman–Crippen MR) is 48.3 cm³/mol. The highest BCUT2D eigenvalue weighted by atomic mass is 16.3. The molecule has 4 nitrogen and oxygen atoms in total. The minimum absolute atomic E-state index is 0.152. The fraction of sp³-hybridized carbons (Fsp3) is 0.778. The van der Waals surface area contributed by atoms with Crippen LogP contribution < -0.4 is 0 Å². The highest BCUT2D eigenvalue weighted by Gasteiger charge is 2.35. The molecule has 1 heterocycles. The average molecular weight is 181 g/mol. The van der Waals surface area contributed by atoms with Crippen LogP contribution in [-0.2, 0) is 5.54 Å². The Hall–Kier alpha value is -0.900. The number of rotatable bonds is 2. The fourth-order valence-electron chi connectivity index (χ4n) is 2.07. The van der Waals surface area contributed by atoms with Gasteiger partial charge >= 0.3 is 0 Å². The van der Waals surface area contributed by atoms with Gasteiger partial charge in [0.25, 0.3) is 0 Å². The van der Waals surface area contributed by atoms with Gasteiger partial charge in [0.1, 0.15) is 0 Å². The van der Waals surface area contributed by atoms with E-state index in [4.69, 9.17) is 0 Å². The third-order valence-electron chi connectivity index (χ3n) is 2.92. The van der Waals surface area contributed by atoms with E-state index in [0.29, 0.717) is 0 Å². The van der Waals surface area contributed by atoms with Gasteiger partial charge in [-0.05, 0) is 19.8 Å². The summed E-state index contributed by atoms with van der Waals surface area (Å²) in [5.41, 5.74) is 0.765. The Morgan fingerprint density at radius 2 is 2.23 bits per heavy atom. The summed E-state index contributed by atoms with van der Waals surface area (Å²) in [6.07, 6.45) is 6.32. The van der Waals surface area contributed by atoms with Crippen LogP contribution in [0.15, 0.2) is 6.20 Å². The molecule has 2 rings (SSSR count). The highest BCUT2D eigenvalue weighted by Crippen LogP contribution is 2.35. The maximum absolute atomic E-state index is 9.39. The van der Waals surface area contributed by atoms with Crippen molar-refractivity contribution in [3.63, 3.8) is 0 Å². The molecule has 4 heteroatoms. The zero-order valence-electron chi connectivity index (χ0n) is 7.90. The molecule has 1 aromatic heterocycles. The Labute approximate surface area is 77.6 Å². The zero-order chi connectivity index (χ0) is 9.31. The maximum Gasteiger partial charge on any atom is 0.0875 e. The van der Waals surface area contributed by atoms with Crippen LogP contribution in [0.2, 0.25) is 0 Å². The van der Waals surface area contributed by atoms with Crippen molar-refractivity contribution in [2.45, 2.75) is 38.1 Å². The first-order valence-electron chi connectivity index (χ1n) is 4.77. The number of aliphatic hydroxyl groups is 1. The summed E-state index contributed by atoms with van der Waals surface area (Å²) < 4.78 is 1.84. The second kappa shape index (κ2) is 3.10. The molecule has 0 aromatic carbocycles. The Bertz CT molecular complexity index is 289. The molecule has 13 heavy (non-hydrogen) atoms. The number of hydrogen-bond acceptors (Lipinski definition) is 3. The van der Waals surface area contributed by atoms with E-state index in [1.807, 2.05) is 17.8 Å². The third-order valence-corrected chi connectivity index (χ3v) is 2.92. The largest absolute Gasteiger partial charge is 0.394 e. The van der Waals surface area contributed by atoms with Crippen molar-refractivity contribution in [2.24, 2.45) is 0 Å². The lowest BCUT2D eigenvalue weighted by Gasteiger charge is -2.25. The topological polar surface area (TPSA) is 50.9 Å². The Morgan fingerprint density at radius 1 is 1.54 bits per heavy atom. The lowest BCUT2D eigenvalue weighted by molar-refractivity contribution is 0.122. The first-order valence-corrected chi connectivity index (χ1v) is 4.77. The molecule has 1 aliphatic carbocycles. The number of aromatic nitrogens is 3. The van der Waals surface area contributed by atoms with E-state index in [-0.39, 0.29) is 12.1 Å². The molecular weight excluding hydrogens is 166 g/mol. The van der Waals surface area contributed by atoms with Crippen molar-refractivity contribution in [3.05, 3.63) is 11.9 Å². The van der Waals surface area contributed by atoms with Crippen molar-refractivity contribution in [2.75, 3.05) is 6.61 Å². The number of hydrogen-bond donors (Lipinski definition) is 1. The molecule has 1 saturated carbocycles. The average Bonchev–Trinajstić information content (AvgIpc) is 2.73. The minimum Gasteiger partial charge on any atom is -0.394 e. The van der Waals surface area contributed by atoms with Gasteiger partial charge in [0, 0.05) is 6.20 Å². The standard InChI is InChI=1S/C9H15N3O/c1-8-6-12(11-10-8)9(7-13)4-2-3-5-9/h6,13H,2-5,7H2,1H3. The molecular formula is C9H15N3O. The van der Waals surface area contributed by atoms with E-state index in [9.17, 15) is 5.11 Å².